The van der Waals surface area contributed by atoms with Crippen LogP contribution >= 0.6 is 23.2 Å². The molecule has 8 heteroatoms. The number of carboxylic acids is 1. The Kier molecular flexibility index (Phi) is 7.50. The molecule has 0 radical (unpaired) electrons. The molecule has 1 saturated heterocycles. The summed E-state index contributed by atoms with van der Waals surface area (Å²) in [7, 11) is 1.72. The van der Waals surface area contributed by atoms with E-state index < -0.39 is 5.97 Å². The predicted octanol–water partition coefficient (Wildman–Crippen LogP) is 2.17. The number of hydrogen-bond acceptors (Lipinski definition) is 4. The SMILES string of the molecule is CN(CC(=O)O)C[C@@H]1CN(C(=O)CCc2ccc(Cl)cc2Cl)CCO1. The van der Waals surface area contributed by atoms with Crippen molar-refractivity contribution in [1.82, 2.24) is 9.80 Å². The Balaban J connectivity index is 1.83. The van der Waals surface area contributed by atoms with Gasteiger partial charge in [-0.05, 0) is 31.2 Å². The number of hydrogen-bond donors (Lipinski definition) is 1. The van der Waals surface area contributed by atoms with E-state index in [1.54, 1.807) is 29.0 Å². The van der Waals surface area contributed by atoms with Crippen molar-refractivity contribution in [1.29, 1.82) is 0 Å². The highest BCUT2D eigenvalue weighted by molar-refractivity contribution is 6.35. The largest absolute Gasteiger partial charge is 0.480 e. The number of morpholine rings is 1. The Bertz CT molecular complexity index is 627. The van der Waals surface area contributed by atoms with E-state index in [2.05, 4.69) is 0 Å². The molecule has 6 nitrogen and oxygen atoms in total. The van der Waals surface area contributed by atoms with Gasteiger partial charge in [0.25, 0.3) is 0 Å². The van der Waals surface area contributed by atoms with Crippen molar-refractivity contribution in [2.24, 2.45) is 0 Å². The molecule has 1 amide bonds. The lowest BCUT2D eigenvalue weighted by Crippen LogP contribution is -2.49. The van der Waals surface area contributed by atoms with E-state index >= 15 is 0 Å². The Morgan fingerprint density at radius 1 is 1.40 bits per heavy atom. The Labute approximate surface area is 157 Å². The Hall–Kier alpha value is -1.34. The van der Waals surface area contributed by atoms with Gasteiger partial charge in [-0.3, -0.25) is 14.5 Å². The zero-order chi connectivity index (χ0) is 18.4. The van der Waals surface area contributed by atoms with E-state index in [9.17, 15) is 9.59 Å². The Morgan fingerprint density at radius 3 is 2.84 bits per heavy atom. The number of aryl methyl sites for hydroxylation is 1. The van der Waals surface area contributed by atoms with Crippen LogP contribution < -0.4 is 0 Å². The maximum Gasteiger partial charge on any atom is 0.317 e. The van der Waals surface area contributed by atoms with Crippen LogP contribution in [0.2, 0.25) is 10.0 Å². The first kappa shape index (κ1) is 20.0. The second kappa shape index (κ2) is 9.38. The summed E-state index contributed by atoms with van der Waals surface area (Å²) in [6, 6.07) is 5.27. The molecule has 0 saturated carbocycles. The number of ether oxygens (including phenoxy) is 1. The zero-order valence-electron chi connectivity index (χ0n) is 14.1. The summed E-state index contributed by atoms with van der Waals surface area (Å²) in [6.45, 7) is 1.89. The standard InChI is InChI=1S/C17H22Cl2N2O4/c1-20(11-17(23)24)9-14-10-21(6-7-25-14)16(22)5-3-12-2-4-13(18)8-15(12)19/h2,4,8,14H,3,5-7,9-11H2,1H3,(H,23,24)/t14-/m1/s1. The normalized spacial score (nSPS) is 17.8. The van der Waals surface area contributed by atoms with Gasteiger partial charge in [0.1, 0.15) is 0 Å². The van der Waals surface area contributed by atoms with E-state index in [1.165, 1.54) is 0 Å². The second-order valence-corrected chi connectivity index (χ2v) is 7.00. The van der Waals surface area contributed by atoms with E-state index in [1.807, 2.05) is 6.07 Å². The van der Waals surface area contributed by atoms with Crippen molar-refractivity contribution < 1.29 is 19.4 Å². The number of carbonyl (C=O) groups is 2. The van der Waals surface area contributed by atoms with Crippen LogP contribution in [0.15, 0.2) is 18.2 Å². The topological polar surface area (TPSA) is 70.1 Å². The summed E-state index contributed by atoms with van der Waals surface area (Å²) in [4.78, 5) is 26.6. The highest BCUT2D eigenvalue weighted by Crippen LogP contribution is 2.22. The van der Waals surface area contributed by atoms with Gasteiger partial charge < -0.3 is 14.7 Å². The third kappa shape index (κ3) is 6.47. The van der Waals surface area contributed by atoms with Gasteiger partial charge in [0.15, 0.2) is 0 Å². The van der Waals surface area contributed by atoms with Crippen molar-refractivity contribution in [3.8, 4) is 0 Å². The van der Waals surface area contributed by atoms with Gasteiger partial charge in [0.05, 0.1) is 19.3 Å². The molecule has 1 aliphatic rings. The van der Waals surface area contributed by atoms with Crippen molar-refractivity contribution in [3.05, 3.63) is 33.8 Å². The summed E-state index contributed by atoms with van der Waals surface area (Å²) in [5.74, 6) is -0.841. The third-order valence-electron chi connectivity index (χ3n) is 4.04. The summed E-state index contributed by atoms with van der Waals surface area (Å²) in [5.41, 5.74) is 0.894. The predicted molar refractivity (Wildman–Crippen MR) is 96.2 cm³/mol. The summed E-state index contributed by atoms with van der Waals surface area (Å²) >= 11 is 12.0. The molecule has 0 spiro atoms. The molecule has 1 aromatic carbocycles. The van der Waals surface area contributed by atoms with Crippen LogP contribution in [0.5, 0.6) is 0 Å². The zero-order valence-corrected chi connectivity index (χ0v) is 15.6. The van der Waals surface area contributed by atoms with Crippen molar-refractivity contribution in [2.45, 2.75) is 18.9 Å². The summed E-state index contributed by atoms with van der Waals surface area (Å²) in [5, 5.41) is 9.94. The molecular weight excluding hydrogens is 367 g/mol. The molecule has 1 aliphatic heterocycles. The Morgan fingerprint density at radius 2 is 2.16 bits per heavy atom. The van der Waals surface area contributed by atoms with E-state index in [0.717, 1.165) is 5.56 Å². The van der Waals surface area contributed by atoms with Gasteiger partial charge in [-0.25, -0.2) is 0 Å². The smallest absolute Gasteiger partial charge is 0.317 e. The van der Waals surface area contributed by atoms with Crippen LogP contribution in [-0.2, 0) is 20.7 Å². The molecule has 0 unspecified atom stereocenters. The highest BCUT2D eigenvalue weighted by atomic mass is 35.5. The van der Waals surface area contributed by atoms with E-state index in [-0.39, 0.29) is 18.6 Å². The van der Waals surface area contributed by atoms with Crippen molar-refractivity contribution in [3.63, 3.8) is 0 Å². The minimum atomic E-state index is -0.883. The van der Waals surface area contributed by atoms with Crippen molar-refractivity contribution >= 4 is 35.1 Å². The molecular formula is C17H22Cl2N2O4. The number of rotatable bonds is 7. The van der Waals surface area contributed by atoms with Gasteiger partial charge in [0, 0.05) is 36.1 Å². The number of carbonyl (C=O) groups excluding carboxylic acids is 1. The number of aliphatic carboxylic acids is 1. The van der Waals surface area contributed by atoms with Gasteiger partial charge >= 0.3 is 5.97 Å². The molecule has 1 aromatic rings. The maximum atomic E-state index is 12.5. The van der Waals surface area contributed by atoms with Crippen LogP contribution in [0.1, 0.15) is 12.0 Å². The molecule has 0 bridgehead atoms. The average molecular weight is 389 g/mol. The molecule has 138 valence electrons. The lowest BCUT2D eigenvalue weighted by atomic mass is 10.1. The molecule has 1 fully saturated rings. The van der Waals surface area contributed by atoms with Crippen LogP contribution in [0.25, 0.3) is 0 Å². The van der Waals surface area contributed by atoms with Crippen LogP contribution in [0.4, 0.5) is 0 Å². The van der Waals surface area contributed by atoms with Crippen LogP contribution in [0, 0.1) is 0 Å². The number of halogens is 2. The van der Waals surface area contributed by atoms with E-state index in [4.69, 9.17) is 33.0 Å². The lowest BCUT2D eigenvalue weighted by Gasteiger charge is -2.34. The number of likely N-dealkylation sites (N-methyl/N-ethyl adjacent to an activating group) is 1. The third-order valence-corrected chi connectivity index (χ3v) is 4.62. The van der Waals surface area contributed by atoms with Gasteiger partial charge in [-0.2, -0.15) is 0 Å². The number of benzene rings is 1. The fourth-order valence-electron chi connectivity index (χ4n) is 2.82. The maximum absolute atomic E-state index is 12.5. The lowest BCUT2D eigenvalue weighted by molar-refractivity contribution is -0.142. The van der Waals surface area contributed by atoms with Crippen LogP contribution in [0.3, 0.4) is 0 Å². The minimum absolute atomic E-state index is 0.0419. The van der Waals surface area contributed by atoms with Gasteiger partial charge in [-0.1, -0.05) is 29.3 Å². The summed E-state index contributed by atoms with van der Waals surface area (Å²) in [6.07, 6.45) is 0.732. The number of nitrogens with zero attached hydrogens (tertiary/aromatic N) is 2. The molecule has 1 N–H and O–H groups in total. The van der Waals surface area contributed by atoms with Gasteiger partial charge in [0.2, 0.25) is 5.91 Å². The minimum Gasteiger partial charge on any atom is -0.480 e. The first-order valence-electron chi connectivity index (χ1n) is 8.09. The van der Waals surface area contributed by atoms with Crippen molar-refractivity contribution in [2.75, 3.05) is 39.8 Å². The van der Waals surface area contributed by atoms with Crippen LogP contribution in [-0.4, -0.2) is 72.7 Å². The molecule has 0 aliphatic carbocycles. The number of carboxylic acid groups (broad SMARTS) is 1. The summed E-state index contributed by atoms with van der Waals surface area (Å²) < 4.78 is 5.64. The molecule has 25 heavy (non-hydrogen) atoms. The fourth-order valence-corrected chi connectivity index (χ4v) is 3.33. The first-order valence-corrected chi connectivity index (χ1v) is 8.84. The van der Waals surface area contributed by atoms with E-state index in [0.29, 0.717) is 49.1 Å². The fraction of sp³-hybridized carbons (Fsp3) is 0.529. The number of amides is 1. The molecule has 2 rings (SSSR count). The quantitative estimate of drug-likeness (QED) is 0.774. The first-order chi connectivity index (χ1) is 11.8. The molecule has 1 heterocycles. The van der Waals surface area contributed by atoms with Gasteiger partial charge in [-0.15, -0.1) is 0 Å². The second-order valence-electron chi connectivity index (χ2n) is 6.16. The molecule has 1 atom stereocenters. The molecule has 0 aromatic heterocycles. The monoisotopic (exact) mass is 388 g/mol. The average Bonchev–Trinajstić information content (AvgIpc) is 2.53. The highest BCUT2D eigenvalue weighted by Gasteiger charge is 2.25.